The van der Waals surface area contributed by atoms with Crippen LogP contribution < -0.4 is 5.32 Å². The topological polar surface area (TPSA) is 21.3 Å². The zero-order chi connectivity index (χ0) is 16.8. The normalized spacial score (nSPS) is 27.1. The van der Waals surface area contributed by atoms with Gasteiger partial charge in [0.25, 0.3) is 0 Å². The molecule has 2 atom stereocenters. The van der Waals surface area contributed by atoms with Gasteiger partial charge in [-0.25, -0.2) is 0 Å². The van der Waals surface area contributed by atoms with Crippen LogP contribution in [0.5, 0.6) is 0 Å². The molecule has 0 bridgehead atoms. The number of hydrogen-bond acceptors (Lipinski definition) is 2. The lowest BCUT2D eigenvalue weighted by molar-refractivity contribution is 0.0156. The van der Waals surface area contributed by atoms with Crippen LogP contribution in [-0.4, -0.2) is 19.2 Å². The Labute approximate surface area is 147 Å². The minimum atomic E-state index is 0.437. The second-order valence-corrected chi connectivity index (χ2v) is 7.02. The summed E-state index contributed by atoms with van der Waals surface area (Å²) in [5.74, 6) is 0.624. The van der Waals surface area contributed by atoms with Crippen LogP contribution in [0.2, 0.25) is 0 Å². The molecule has 2 nitrogen and oxygen atoms in total. The van der Waals surface area contributed by atoms with E-state index < -0.39 is 0 Å². The number of benzene rings is 1. The second-order valence-electron chi connectivity index (χ2n) is 7.02. The Balaban J connectivity index is 0.000000815. The molecule has 24 heavy (non-hydrogen) atoms. The minimum absolute atomic E-state index is 0.437. The largest absolute Gasteiger partial charge is 0.373 e. The average Bonchev–Trinajstić information content (AvgIpc) is 2.97. The van der Waals surface area contributed by atoms with Gasteiger partial charge in [-0.1, -0.05) is 62.9 Å². The molecule has 2 aliphatic heterocycles. The van der Waals surface area contributed by atoms with Gasteiger partial charge in [0.2, 0.25) is 0 Å². The van der Waals surface area contributed by atoms with E-state index in [1.807, 2.05) is 13.8 Å². The van der Waals surface area contributed by atoms with E-state index in [4.69, 9.17) is 4.74 Å². The molecule has 0 spiro atoms. The van der Waals surface area contributed by atoms with Crippen LogP contribution in [0.1, 0.15) is 69.9 Å². The van der Waals surface area contributed by atoms with Crippen LogP contribution in [0, 0.1) is 5.92 Å². The van der Waals surface area contributed by atoms with Gasteiger partial charge in [-0.05, 0) is 55.5 Å². The Morgan fingerprint density at radius 3 is 2.54 bits per heavy atom. The zero-order valence-corrected chi connectivity index (χ0v) is 15.4. The van der Waals surface area contributed by atoms with Crippen molar-refractivity contribution in [1.82, 2.24) is 5.32 Å². The third kappa shape index (κ3) is 3.75. The highest BCUT2D eigenvalue weighted by molar-refractivity contribution is 5.74. The Bertz CT molecular complexity index is 555. The van der Waals surface area contributed by atoms with E-state index in [1.54, 1.807) is 11.1 Å². The summed E-state index contributed by atoms with van der Waals surface area (Å²) in [7, 11) is 0. The molecule has 1 saturated heterocycles. The van der Waals surface area contributed by atoms with Gasteiger partial charge < -0.3 is 10.1 Å². The van der Waals surface area contributed by atoms with E-state index in [2.05, 4.69) is 29.6 Å². The third-order valence-corrected chi connectivity index (χ3v) is 5.67. The quantitative estimate of drug-likeness (QED) is 0.695. The summed E-state index contributed by atoms with van der Waals surface area (Å²) in [5.41, 5.74) is 6.26. The lowest BCUT2D eigenvalue weighted by Crippen LogP contribution is -2.27. The summed E-state index contributed by atoms with van der Waals surface area (Å²) < 4.78 is 6.38. The molecule has 0 amide bonds. The summed E-state index contributed by atoms with van der Waals surface area (Å²) >= 11 is 0. The van der Waals surface area contributed by atoms with Gasteiger partial charge >= 0.3 is 0 Å². The van der Waals surface area contributed by atoms with Gasteiger partial charge in [0.1, 0.15) is 0 Å². The summed E-state index contributed by atoms with van der Waals surface area (Å²) in [4.78, 5) is 0. The van der Waals surface area contributed by atoms with Crippen LogP contribution in [0.25, 0.3) is 5.57 Å². The fourth-order valence-corrected chi connectivity index (χ4v) is 4.56. The third-order valence-electron chi connectivity index (χ3n) is 5.67. The molecule has 0 aromatic heterocycles. The van der Waals surface area contributed by atoms with Crippen LogP contribution >= 0.6 is 0 Å². The molecule has 1 N–H and O–H groups in total. The highest BCUT2D eigenvalue weighted by atomic mass is 16.5. The van der Waals surface area contributed by atoms with Crippen molar-refractivity contribution in [3.63, 3.8) is 0 Å². The SMILES string of the molecule is CC.c1ccc2c(c1)COC1CCCCCC1C2=C1CCNCC1. The fraction of sp³-hybridized carbons (Fsp3) is 0.636. The average molecular weight is 328 g/mol. The van der Waals surface area contributed by atoms with Crippen molar-refractivity contribution in [2.75, 3.05) is 13.1 Å². The molecule has 3 aliphatic rings. The van der Waals surface area contributed by atoms with Gasteiger partial charge in [-0.15, -0.1) is 0 Å². The molecule has 132 valence electrons. The summed E-state index contributed by atoms with van der Waals surface area (Å²) in [6.45, 7) is 7.07. The first kappa shape index (κ1) is 17.7. The molecule has 1 saturated carbocycles. The number of rotatable bonds is 0. The minimum Gasteiger partial charge on any atom is -0.373 e. The highest BCUT2D eigenvalue weighted by Crippen LogP contribution is 2.43. The molecule has 4 rings (SSSR count). The van der Waals surface area contributed by atoms with Crippen LogP contribution in [-0.2, 0) is 11.3 Å². The van der Waals surface area contributed by atoms with Gasteiger partial charge in [0, 0.05) is 5.92 Å². The Kier molecular flexibility index (Phi) is 6.51. The van der Waals surface area contributed by atoms with Crippen molar-refractivity contribution < 1.29 is 4.74 Å². The molecule has 0 radical (unpaired) electrons. The predicted molar refractivity (Wildman–Crippen MR) is 102 cm³/mol. The standard InChI is InChI=1S/C20H27NO.C2H6/c1-2-8-18-19(9-3-1)22-14-16-6-4-5-7-17(16)20(18)15-10-12-21-13-11-15;1-2/h4-7,18-19,21H,1-3,8-14H2;1-2H3. The van der Waals surface area contributed by atoms with Crippen molar-refractivity contribution in [2.45, 2.75) is 71.5 Å². The molecule has 1 aromatic rings. The molecule has 2 unspecified atom stereocenters. The van der Waals surface area contributed by atoms with Gasteiger partial charge in [-0.2, -0.15) is 0 Å². The predicted octanol–water partition coefficient (Wildman–Crippen LogP) is 5.33. The number of ether oxygens (including phenoxy) is 1. The first-order valence-corrected chi connectivity index (χ1v) is 10.1. The van der Waals surface area contributed by atoms with Crippen LogP contribution in [0.15, 0.2) is 29.8 Å². The van der Waals surface area contributed by atoms with E-state index in [1.165, 1.54) is 56.1 Å². The van der Waals surface area contributed by atoms with Crippen LogP contribution in [0.4, 0.5) is 0 Å². The van der Waals surface area contributed by atoms with E-state index in [0.717, 1.165) is 19.7 Å². The first-order valence-electron chi connectivity index (χ1n) is 10.1. The van der Waals surface area contributed by atoms with Crippen molar-refractivity contribution in [3.05, 3.63) is 41.0 Å². The van der Waals surface area contributed by atoms with Crippen molar-refractivity contribution in [3.8, 4) is 0 Å². The number of hydrogen-bond donors (Lipinski definition) is 1. The lowest BCUT2D eigenvalue weighted by atomic mass is 9.79. The number of nitrogens with one attached hydrogen (secondary N) is 1. The highest BCUT2D eigenvalue weighted by Gasteiger charge is 2.33. The van der Waals surface area contributed by atoms with Crippen LogP contribution in [0.3, 0.4) is 0 Å². The smallest absolute Gasteiger partial charge is 0.0726 e. The number of piperidine rings is 1. The monoisotopic (exact) mass is 327 g/mol. The summed E-state index contributed by atoms with van der Waals surface area (Å²) in [6.07, 6.45) is 9.50. The van der Waals surface area contributed by atoms with E-state index in [0.29, 0.717) is 12.0 Å². The first-order chi connectivity index (χ1) is 11.9. The van der Waals surface area contributed by atoms with Crippen molar-refractivity contribution in [2.24, 2.45) is 5.92 Å². The van der Waals surface area contributed by atoms with Gasteiger partial charge in [-0.3, -0.25) is 0 Å². The molecule has 2 fully saturated rings. The number of fused-ring (bicyclic) bond motifs is 2. The van der Waals surface area contributed by atoms with Crippen molar-refractivity contribution in [1.29, 1.82) is 0 Å². The maximum Gasteiger partial charge on any atom is 0.0726 e. The molecule has 2 heteroatoms. The molecule has 1 aromatic carbocycles. The molecule has 1 aliphatic carbocycles. The summed E-state index contributed by atoms with van der Waals surface area (Å²) in [6, 6.07) is 8.98. The summed E-state index contributed by atoms with van der Waals surface area (Å²) in [5, 5.41) is 3.51. The van der Waals surface area contributed by atoms with E-state index in [-0.39, 0.29) is 0 Å². The Morgan fingerprint density at radius 2 is 1.71 bits per heavy atom. The Hall–Kier alpha value is -1.12. The van der Waals surface area contributed by atoms with E-state index >= 15 is 0 Å². The van der Waals surface area contributed by atoms with Crippen molar-refractivity contribution >= 4 is 5.57 Å². The van der Waals surface area contributed by atoms with Gasteiger partial charge in [0.15, 0.2) is 0 Å². The lowest BCUT2D eigenvalue weighted by Gasteiger charge is -2.29. The fourth-order valence-electron chi connectivity index (χ4n) is 4.56. The molecule has 2 heterocycles. The molecular formula is C22H33NO. The van der Waals surface area contributed by atoms with Gasteiger partial charge in [0.05, 0.1) is 12.7 Å². The van der Waals surface area contributed by atoms with E-state index in [9.17, 15) is 0 Å². The molecular weight excluding hydrogens is 294 g/mol. The second kappa shape index (κ2) is 8.82. The zero-order valence-electron chi connectivity index (χ0n) is 15.4. The maximum atomic E-state index is 6.38. The Morgan fingerprint density at radius 1 is 0.958 bits per heavy atom. The maximum absolute atomic E-state index is 6.38.